The third kappa shape index (κ3) is 4.35. The Morgan fingerprint density at radius 1 is 0.909 bits per heavy atom. The van der Waals surface area contributed by atoms with Crippen LogP contribution in [0.15, 0.2) is 34.1 Å². The molecule has 0 aliphatic heterocycles. The van der Waals surface area contributed by atoms with E-state index < -0.39 is 46.9 Å². The molecule has 2 rings (SSSR count). The van der Waals surface area contributed by atoms with E-state index in [4.69, 9.17) is 5.73 Å². The van der Waals surface area contributed by atoms with Crippen LogP contribution in [0.5, 0.6) is 5.75 Å². The van der Waals surface area contributed by atoms with Crippen LogP contribution < -0.4 is 64.8 Å². The molecule has 2 aromatic rings. The standard InChI is InChI=1S/C10H9NO7S2.2Na/c11-8-2-1-6-7(10(8)20(16,17)18)3-5(4-9(6)12)19(13,14)15;;/h1-4,12H,11H2,(H,13,14,15)(H,16,17,18);;/q;2*+1/p-2. The van der Waals surface area contributed by atoms with Crippen LogP contribution in [0.4, 0.5) is 5.69 Å². The van der Waals surface area contributed by atoms with Crippen molar-refractivity contribution in [2.45, 2.75) is 9.79 Å². The maximum absolute atomic E-state index is 11.2. The molecule has 0 aliphatic carbocycles. The van der Waals surface area contributed by atoms with Gasteiger partial charge in [0.2, 0.25) is 0 Å². The summed E-state index contributed by atoms with van der Waals surface area (Å²) < 4.78 is 66.4. The fourth-order valence-corrected chi connectivity index (χ4v) is 3.12. The van der Waals surface area contributed by atoms with Gasteiger partial charge in [0.1, 0.15) is 26.0 Å². The van der Waals surface area contributed by atoms with Crippen molar-refractivity contribution in [3.8, 4) is 5.75 Å². The fraction of sp³-hybridized carbons (Fsp3) is 0. The second-order valence-corrected chi connectivity index (χ2v) is 6.63. The number of aromatic hydroxyl groups is 1. The summed E-state index contributed by atoms with van der Waals surface area (Å²) in [6.45, 7) is 0. The summed E-state index contributed by atoms with van der Waals surface area (Å²) in [5, 5.41) is 9.12. The number of phenols is 1. The third-order valence-corrected chi connectivity index (χ3v) is 4.38. The van der Waals surface area contributed by atoms with Crippen molar-refractivity contribution < 1.29 is 90.2 Å². The topological polar surface area (TPSA) is 161 Å². The first-order valence-corrected chi connectivity index (χ1v) is 7.80. The number of nitrogens with two attached hydrogens (primary N) is 1. The zero-order valence-electron chi connectivity index (χ0n) is 11.6. The Morgan fingerprint density at radius 2 is 1.45 bits per heavy atom. The summed E-state index contributed by atoms with van der Waals surface area (Å²) in [7, 11) is -9.96. The number of benzene rings is 2. The van der Waals surface area contributed by atoms with Gasteiger partial charge >= 0.3 is 59.1 Å². The van der Waals surface area contributed by atoms with Gasteiger partial charge in [-0.2, -0.15) is 0 Å². The van der Waals surface area contributed by atoms with E-state index in [9.17, 15) is 31.0 Å². The Morgan fingerprint density at radius 3 is 1.91 bits per heavy atom. The monoisotopic (exact) mass is 363 g/mol. The Labute approximate surface area is 170 Å². The van der Waals surface area contributed by atoms with Crippen LogP contribution in [0.1, 0.15) is 0 Å². The zero-order chi connectivity index (χ0) is 15.3. The van der Waals surface area contributed by atoms with Crippen LogP contribution in [-0.2, 0) is 20.2 Å². The molecule has 0 spiro atoms. The van der Waals surface area contributed by atoms with Crippen LogP contribution in [0.25, 0.3) is 10.8 Å². The minimum atomic E-state index is -5.02. The number of hydrogen-bond acceptors (Lipinski definition) is 8. The van der Waals surface area contributed by atoms with Crippen molar-refractivity contribution in [1.82, 2.24) is 0 Å². The molecular formula is C10H7NNa2O7S2. The second-order valence-electron chi connectivity index (χ2n) is 3.93. The molecule has 12 heteroatoms. The molecule has 0 amide bonds. The quantitative estimate of drug-likeness (QED) is 0.303. The van der Waals surface area contributed by atoms with Crippen molar-refractivity contribution in [2.75, 3.05) is 5.73 Å². The van der Waals surface area contributed by atoms with E-state index in [0.29, 0.717) is 12.1 Å². The van der Waals surface area contributed by atoms with E-state index in [1.165, 1.54) is 6.07 Å². The van der Waals surface area contributed by atoms with Gasteiger partial charge in [-0.15, -0.1) is 0 Å². The predicted molar refractivity (Wildman–Crippen MR) is 66.0 cm³/mol. The average molecular weight is 363 g/mol. The molecule has 0 aromatic heterocycles. The molecule has 108 valence electrons. The van der Waals surface area contributed by atoms with Gasteiger partial charge < -0.3 is 19.9 Å². The van der Waals surface area contributed by atoms with Gasteiger partial charge in [-0.05, 0) is 24.3 Å². The van der Waals surface area contributed by atoms with E-state index in [1.54, 1.807) is 0 Å². The molecule has 0 saturated heterocycles. The molecule has 3 N–H and O–H groups in total. The number of nitrogen functional groups attached to an aromatic ring is 1. The van der Waals surface area contributed by atoms with Gasteiger partial charge in [-0.25, -0.2) is 16.8 Å². The van der Waals surface area contributed by atoms with E-state index in [1.807, 2.05) is 0 Å². The maximum atomic E-state index is 11.2. The van der Waals surface area contributed by atoms with Gasteiger partial charge in [0.05, 0.1) is 9.79 Å². The van der Waals surface area contributed by atoms with Crippen molar-refractivity contribution in [3.05, 3.63) is 24.3 Å². The average Bonchev–Trinajstić information content (AvgIpc) is 2.24. The van der Waals surface area contributed by atoms with Gasteiger partial charge in [-0.3, -0.25) is 0 Å². The molecule has 2 aromatic carbocycles. The van der Waals surface area contributed by atoms with Crippen LogP contribution >= 0.6 is 0 Å². The molecule has 0 atom stereocenters. The number of anilines is 1. The molecule has 0 fully saturated rings. The molecule has 22 heavy (non-hydrogen) atoms. The first-order valence-electron chi connectivity index (χ1n) is 4.99. The largest absolute Gasteiger partial charge is 1.00 e. The van der Waals surface area contributed by atoms with Gasteiger partial charge in [0, 0.05) is 16.5 Å². The Hall–Kier alpha value is 0.120. The second kappa shape index (κ2) is 7.34. The molecule has 0 heterocycles. The van der Waals surface area contributed by atoms with Crippen molar-refractivity contribution in [3.63, 3.8) is 0 Å². The normalized spacial score (nSPS) is 11.5. The van der Waals surface area contributed by atoms with Gasteiger partial charge in [0.25, 0.3) is 0 Å². The van der Waals surface area contributed by atoms with E-state index >= 15 is 0 Å². The molecule has 0 saturated carbocycles. The third-order valence-electron chi connectivity index (χ3n) is 2.61. The molecule has 0 bridgehead atoms. The van der Waals surface area contributed by atoms with Gasteiger partial charge in [0.15, 0.2) is 0 Å². The van der Waals surface area contributed by atoms with Crippen molar-refractivity contribution >= 4 is 36.7 Å². The number of hydrogen-bond donors (Lipinski definition) is 2. The molecule has 8 nitrogen and oxygen atoms in total. The molecular weight excluding hydrogens is 356 g/mol. The smallest absolute Gasteiger partial charge is 0.744 e. The van der Waals surface area contributed by atoms with E-state index in [0.717, 1.165) is 6.07 Å². The first kappa shape index (κ1) is 22.1. The minimum Gasteiger partial charge on any atom is -0.744 e. The van der Waals surface area contributed by atoms with Crippen LogP contribution in [0.2, 0.25) is 0 Å². The zero-order valence-corrected chi connectivity index (χ0v) is 17.2. The fourth-order valence-electron chi connectivity index (χ4n) is 1.80. The molecule has 0 unspecified atom stereocenters. The summed E-state index contributed by atoms with van der Waals surface area (Å²) in [6, 6.07) is 3.65. The number of rotatable bonds is 2. The van der Waals surface area contributed by atoms with E-state index in [-0.39, 0.29) is 64.5 Å². The number of phenolic OH excluding ortho intramolecular Hbond substituents is 1. The SMILES string of the molecule is Nc1ccc2c(O)cc(S(=O)(=O)[O-])cc2c1S(=O)(=O)[O-].[Na+].[Na+]. The summed E-state index contributed by atoms with van der Waals surface area (Å²) in [5.74, 6) is -0.651. The Kier molecular flexibility index (Phi) is 7.38. The molecule has 0 aliphatic rings. The predicted octanol–water partition coefficient (Wildman–Crippen LogP) is -6.06. The van der Waals surface area contributed by atoms with Gasteiger partial charge in [-0.1, -0.05) is 0 Å². The molecule has 0 radical (unpaired) electrons. The Bertz CT molecular complexity index is 926. The van der Waals surface area contributed by atoms with Crippen LogP contribution in [-0.4, -0.2) is 31.0 Å². The summed E-state index contributed by atoms with van der Waals surface area (Å²) in [4.78, 5) is -1.74. The van der Waals surface area contributed by atoms with E-state index in [2.05, 4.69) is 0 Å². The first-order chi connectivity index (χ1) is 9.01. The summed E-state index contributed by atoms with van der Waals surface area (Å²) in [6.07, 6.45) is 0. The van der Waals surface area contributed by atoms with Crippen molar-refractivity contribution in [2.24, 2.45) is 0 Å². The minimum absolute atomic E-state index is 0. The van der Waals surface area contributed by atoms with Crippen molar-refractivity contribution in [1.29, 1.82) is 0 Å². The summed E-state index contributed by atoms with van der Waals surface area (Å²) >= 11 is 0. The van der Waals surface area contributed by atoms with Crippen LogP contribution in [0, 0.1) is 0 Å². The number of fused-ring (bicyclic) bond motifs is 1. The maximum Gasteiger partial charge on any atom is 1.00 e. The Balaban J connectivity index is 0.00000220. The summed E-state index contributed by atoms with van der Waals surface area (Å²) in [5.41, 5.74) is 4.98. The van der Waals surface area contributed by atoms with Crippen LogP contribution in [0.3, 0.4) is 0 Å².